The second-order valence-electron chi connectivity index (χ2n) is 3.58. The molecule has 17 heavy (non-hydrogen) atoms. The lowest BCUT2D eigenvalue weighted by atomic mass is 10.2. The molecule has 0 fully saturated rings. The number of hydrogen-bond acceptors (Lipinski definition) is 4. The molecule has 0 aliphatic heterocycles. The highest BCUT2D eigenvalue weighted by Gasteiger charge is 2.09. The number of nitriles is 1. The molecule has 86 valence electrons. The molecule has 2 N–H and O–H groups in total. The van der Waals surface area contributed by atoms with E-state index < -0.39 is 0 Å². The zero-order valence-electron chi connectivity index (χ0n) is 9.09. The molecule has 0 spiro atoms. The van der Waals surface area contributed by atoms with Crippen LogP contribution in [0.1, 0.15) is 10.4 Å². The summed E-state index contributed by atoms with van der Waals surface area (Å²) >= 11 is 6.68. The summed E-state index contributed by atoms with van der Waals surface area (Å²) in [4.78, 5) is 0.855. The molecule has 0 saturated carbocycles. The Kier molecular flexibility index (Phi) is 3.57. The van der Waals surface area contributed by atoms with Crippen LogP contribution in [0.4, 0.5) is 5.82 Å². The molecule has 0 saturated heterocycles. The minimum absolute atomic E-state index is 0.321. The summed E-state index contributed by atoms with van der Waals surface area (Å²) in [5.74, 6) is 0.616. The standard InChI is InChI=1S/C12H11N3S2/c13-7-6-10-11(14)15(12(16)17-10)8-9-4-2-1-3-5-9/h1-5H,6,8,14H2. The number of benzene rings is 1. The van der Waals surface area contributed by atoms with Crippen molar-refractivity contribution in [2.75, 3.05) is 5.73 Å². The van der Waals surface area contributed by atoms with Gasteiger partial charge >= 0.3 is 0 Å². The number of nitrogens with two attached hydrogens (primary N) is 1. The number of aromatic nitrogens is 1. The van der Waals surface area contributed by atoms with E-state index in [-0.39, 0.29) is 0 Å². The van der Waals surface area contributed by atoms with Gasteiger partial charge in [0.2, 0.25) is 0 Å². The fourth-order valence-corrected chi connectivity index (χ4v) is 2.88. The Morgan fingerprint density at radius 3 is 2.71 bits per heavy atom. The lowest BCUT2D eigenvalue weighted by Crippen LogP contribution is -2.05. The van der Waals surface area contributed by atoms with E-state index in [1.54, 1.807) is 0 Å². The molecule has 0 atom stereocenters. The molecular weight excluding hydrogens is 250 g/mol. The zero-order valence-corrected chi connectivity index (χ0v) is 10.7. The van der Waals surface area contributed by atoms with Crippen LogP contribution in [-0.4, -0.2) is 4.57 Å². The van der Waals surface area contributed by atoms with Crippen LogP contribution in [0.15, 0.2) is 30.3 Å². The summed E-state index contributed by atoms with van der Waals surface area (Å²) < 4.78 is 2.60. The van der Waals surface area contributed by atoms with Crippen LogP contribution in [-0.2, 0) is 13.0 Å². The molecule has 2 aromatic rings. The van der Waals surface area contributed by atoms with Crippen molar-refractivity contribution < 1.29 is 0 Å². The Morgan fingerprint density at radius 1 is 1.35 bits per heavy atom. The van der Waals surface area contributed by atoms with E-state index in [1.807, 2.05) is 34.9 Å². The second kappa shape index (κ2) is 5.13. The van der Waals surface area contributed by atoms with Gasteiger partial charge in [-0.2, -0.15) is 5.26 Å². The van der Waals surface area contributed by atoms with Gasteiger partial charge in [-0.1, -0.05) is 30.3 Å². The van der Waals surface area contributed by atoms with E-state index >= 15 is 0 Å². The van der Waals surface area contributed by atoms with Crippen molar-refractivity contribution in [2.24, 2.45) is 0 Å². The highest BCUT2D eigenvalue weighted by atomic mass is 32.1. The van der Waals surface area contributed by atoms with Crippen LogP contribution in [0.3, 0.4) is 0 Å². The van der Waals surface area contributed by atoms with Crippen molar-refractivity contribution >= 4 is 29.4 Å². The van der Waals surface area contributed by atoms with Crippen molar-refractivity contribution in [1.82, 2.24) is 4.57 Å². The van der Waals surface area contributed by atoms with Crippen molar-refractivity contribution in [3.63, 3.8) is 0 Å². The van der Waals surface area contributed by atoms with Crippen LogP contribution in [0.2, 0.25) is 0 Å². The highest BCUT2D eigenvalue weighted by Crippen LogP contribution is 2.23. The van der Waals surface area contributed by atoms with Gasteiger partial charge < -0.3 is 10.3 Å². The highest BCUT2D eigenvalue weighted by molar-refractivity contribution is 7.73. The minimum atomic E-state index is 0.321. The monoisotopic (exact) mass is 261 g/mol. The van der Waals surface area contributed by atoms with Crippen molar-refractivity contribution in [3.8, 4) is 6.07 Å². The summed E-state index contributed by atoms with van der Waals surface area (Å²) in [7, 11) is 0. The molecule has 2 rings (SSSR count). The normalized spacial score (nSPS) is 10.1. The lowest BCUT2D eigenvalue weighted by Gasteiger charge is -2.05. The number of thiazole rings is 1. The SMILES string of the molecule is N#CCc1sc(=S)n(Cc2ccccc2)c1N. The average Bonchev–Trinajstić information content (AvgIpc) is 2.59. The maximum Gasteiger partial charge on any atom is 0.163 e. The van der Waals surface area contributed by atoms with Crippen LogP contribution in [0.25, 0.3) is 0 Å². The molecule has 1 heterocycles. The van der Waals surface area contributed by atoms with Gasteiger partial charge in [-0.05, 0) is 17.8 Å². The van der Waals surface area contributed by atoms with Crippen molar-refractivity contribution in [3.05, 3.63) is 44.7 Å². The van der Waals surface area contributed by atoms with Gasteiger partial charge in [-0.15, -0.1) is 11.3 Å². The Bertz CT molecular complexity index is 605. The molecule has 0 radical (unpaired) electrons. The van der Waals surface area contributed by atoms with E-state index in [9.17, 15) is 0 Å². The third kappa shape index (κ3) is 2.54. The first kappa shape index (κ1) is 11.8. The zero-order chi connectivity index (χ0) is 12.3. The first-order valence-electron chi connectivity index (χ1n) is 5.11. The van der Waals surface area contributed by atoms with E-state index in [0.717, 1.165) is 14.4 Å². The number of hydrogen-bond donors (Lipinski definition) is 1. The third-order valence-corrected chi connectivity index (χ3v) is 3.90. The first-order chi connectivity index (χ1) is 8.22. The van der Waals surface area contributed by atoms with Gasteiger partial charge in [0.05, 0.1) is 23.9 Å². The maximum absolute atomic E-state index is 8.69. The average molecular weight is 261 g/mol. The Morgan fingerprint density at radius 2 is 2.06 bits per heavy atom. The van der Waals surface area contributed by atoms with Crippen LogP contribution in [0.5, 0.6) is 0 Å². The van der Waals surface area contributed by atoms with Gasteiger partial charge in [0.25, 0.3) is 0 Å². The lowest BCUT2D eigenvalue weighted by molar-refractivity contribution is 0.809. The second-order valence-corrected chi connectivity index (χ2v) is 5.31. The third-order valence-electron chi connectivity index (χ3n) is 2.43. The van der Waals surface area contributed by atoms with E-state index in [2.05, 4.69) is 6.07 Å². The number of rotatable bonds is 3. The molecule has 0 unspecified atom stereocenters. The molecule has 0 aliphatic carbocycles. The van der Waals surface area contributed by atoms with E-state index in [0.29, 0.717) is 18.8 Å². The fourth-order valence-electron chi connectivity index (χ4n) is 1.58. The number of anilines is 1. The summed E-state index contributed by atoms with van der Waals surface area (Å²) in [6.45, 7) is 0.660. The topological polar surface area (TPSA) is 54.7 Å². The number of nitrogens with zero attached hydrogens (tertiary/aromatic N) is 2. The first-order valence-corrected chi connectivity index (χ1v) is 6.33. The van der Waals surface area contributed by atoms with Crippen LogP contribution in [0, 0.1) is 15.3 Å². The van der Waals surface area contributed by atoms with E-state index in [1.165, 1.54) is 11.3 Å². The molecule has 3 nitrogen and oxygen atoms in total. The molecular formula is C12H11N3S2. The van der Waals surface area contributed by atoms with Gasteiger partial charge in [-0.25, -0.2) is 0 Å². The van der Waals surface area contributed by atoms with Gasteiger partial charge in [0.15, 0.2) is 3.95 Å². The smallest absolute Gasteiger partial charge is 0.163 e. The van der Waals surface area contributed by atoms with Crippen LogP contribution >= 0.6 is 23.6 Å². The summed E-state index contributed by atoms with van der Waals surface area (Å²) in [5, 5.41) is 8.69. The summed E-state index contributed by atoms with van der Waals surface area (Å²) in [5.41, 5.74) is 7.14. The van der Waals surface area contributed by atoms with Crippen LogP contribution < -0.4 is 5.73 Å². The molecule has 0 bridgehead atoms. The van der Waals surface area contributed by atoms with E-state index in [4.69, 9.17) is 23.2 Å². The molecule has 0 aliphatic rings. The number of nitrogen functional groups attached to an aromatic ring is 1. The fraction of sp³-hybridized carbons (Fsp3) is 0.167. The molecule has 1 aromatic carbocycles. The van der Waals surface area contributed by atoms with Crippen molar-refractivity contribution in [2.45, 2.75) is 13.0 Å². The molecule has 0 amide bonds. The van der Waals surface area contributed by atoms with Crippen molar-refractivity contribution in [1.29, 1.82) is 5.26 Å². The van der Waals surface area contributed by atoms with Gasteiger partial charge in [0, 0.05) is 0 Å². The maximum atomic E-state index is 8.69. The van der Waals surface area contributed by atoms with Gasteiger partial charge in [0.1, 0.15) is 5.82 Å². The largest absolute Gasteiger partial charge is 0.384 e. The predicted molar refractivity (Wildman–Crippen MR) is 72.4 cm³/mol. The summed E-state index contributed by atoms with van der Waals surface area (Å²) in [6, 6.07) is 12.1. The van der Waals surface area contributed by atoms with Gasteiger partial charge in [-0.3, -0.25) is 0 Å². The molecule has 1 aromatic heterocycles. The Balaban J connectivity index is 2.34. The Labute approximate surface area is 109 Å². The molecule has 5 heteroatoms. The quantitative estimate of drug-likeness (QED) is 0.864. The summed E-state index contributed by atoms with van der Waals surface area (Å²) in [6.07, 6.45) is 0.321. The predicted octanol–water partition coefficient (Wildman–Crippen LogP) is 2.98. The Hall–Kier alpha value is -1.64. The minimum Gasteiger partial charge on any atom is -0.384 e.